The molecule has 7 nitrogen and oxygen atoms in total. The minimum Gasteiger partial charge on any atom is -0.464 e. The quantitative estimate of drug-likeness (QED) is 0.509. The number of hydrazone groups is 1. The van der Waals surface area contributed by atoms with Gasteiger partial charge in [0.05, 0.1) is 17.2 Å². The summed E-state index contributed by atoms with van der Waals surface area (Å²) in [6.45, 7) is 0. The second kappa shape index (κ2) is 5.98. The van der Waals surface area contributed by atoms with Crippen LogP contribution in [0.15, 0.2) is 76.4 Å². The molecule has 0 amide bonds. The Balaban J connectivity index is 1.57. The van der Waals surface area contributed by atoms with Gasteiger partial charge < -0.3 is 9.15 Å². The molecule has 0 saturated carbocycles. The summed E-state index contributed by atoms with van der Waals surface area (Å²) in [6.07, 6.45) is 1.88. The Morgan fingerprint density at radius 1 is 1.07 bits per heavy atom. The maximum Gasteiger partial charge on any atom is 0.269 e. The molecule has 2 aromatic carbocycles. The molecular formula is C20H15N3O4. The van der Waals surface area contributed by atoms with E-state index in [-0.39, 0.29) is 11.7 Å². The Kier molecular flexibility index (Phi) is 3.46. The van der Waals surface area contributed by atoms with Crippen molar-refractivity contribution in [1.82, 2.24) is 5.01 Å². The third-order valence-electron chi connectivity index (χ3n) is 4.89. The van der Waals surface area contributed by atoms with E-state index in [1.54, 1.807) is 18.4 Å². The molecule has 0 N–H and O–H groups in total. The fourth-order valence-electron chi connectivity index (χ4n) is 3.61. The molecule has 0 aliphatic carbocycles. The Hall–Kier alpha value is -3.61. The second-order valence-corrected chi connectivity index (χ2v) is 6.48. The molecule has 5 rings (SSSR count). The number of hydrogen-bond acceptors (Lipinski definition) is 6. The number of rotatable bonds is 3. The van der Waals surface area contributed by atoms with E-state index in [0.717, 1.165) is 28.3 Å². The topological polar surface area (TPSA) is 81.1 Å². The van der Waals surface area contributed by atoms with E-state index >= 15 is 0 Å². The molecule has 27 heavy (non-hydrogen) atoms. The summed E-state index contributed by atoms with van der Waals surface area (Å²) in [6, 6.07) is 18.1. The van der Waals surface area contributed by atoms with Crippen LogP contribution in [0.4, 0.5) is 5.69 Å². The van der Waals surface area contributed by atoms with Crippen LogP contribution in [0, 0.1) is 10.1 Å². The lowest BCUT2D eigenvalue weighted by atomic mass is 9.97. The van der Waals surface area contributed by atoms with Crippen molar-refractivity contribution in [2.45, 2.75) is 18.7 Å². The van der Waals surface area contributed by atoms with Gasteiger partial charge in [-0.1, -0.05) is 18.2 Å². The van der Waals surface area contributed by atoms with E-state index in [4.69, 9.17) is 14.3 Å². The van der Waals surface area contributed by atoms with Gasteiger partial charge in [-0.25, -0.2) is 5.01 Å². The molecule has 2 atom stereocenters. The van der Waals surface area contributed by atoms with Crippen LogP contribution in [0.3, 0.4) is 0 Å². The highest BCUT2D eigenvalue weighted by Crippen LogP contribution is 2.47. The van der Waals surface area contributed by atoms with E-state index in [9.17, 15) is 10.1 Å². The number of benzene rings is 2. The van der Waals surface area contributed by atoms with Gasteiger partial charge in [0.25, 0.3) is 5.69 Å². The summed E-state index contributed by atoms with van der Waals surface area (Å²) >= 11 is 0. The third kappa shape index (κ3) is 2.55. The van der Waals surface area contributed by atoms with E-state index in [0.29, 0.717) is 6.42 Å². The number of furan rings is 1. The monoisotopic (exact) mass is 361 g/mol. The van der Waals surface area contributed by atoms with E-state index in [1.165, 1.54) is 12.1 Å². The third-order valence-corrected chi connectivity index (χ3v) is 4.89. The molecule has 0 fully saturated rings. The van der Waals surface area contributed by atoms with E-state index in [2.05, 4.69) is 0 Å². The molecular weight excluding hydrogens is 346 g/mol. The van der Waals surface area contributed by atoms with Crippen molar-refractivity contribution >= 4 is 11.4 Å². The molecule has 3 aromatic rings. The molecule has 134 valence electrons. The number of fused-ring (bicyclic) bond motifs is 3. The molecule has 7 heteroatoms. The molecule has 0 unspecified atom stereocenters. The molecule has 3 heterocycles. The van der Waals surface area contributed by atoms with Crippen LogP contribution in [-0.2, 0) is 0 Å². The van der Waals surface area contributed by atoms with Crippen LogP contribution in [0.5, 0.6) is 5.75 Å². The minimum atomic E-state index is -0.460. The number of non-ortho nitro benzene ring substituents is 1. The molecule has 0 radical (unpaired) electrons. The normalized spacial score (nSPS) is 20.4. The fourth-order valence-corrected chi connectivity index (χ4v) is 3.61. The number of ether oxygens (including phenoxy) is 1. The van der Waals surface area contributed by atoms with Crippen molar-refractivity contribution in [3.8, 4) is 5.75 Å². The number of nitro groups is 1. The Morgan fingerprint density at radius 2 is 1.89 bits per heavy atom. The van der Waals surface area contributed by atoms with Gasteiger partial charge in [-0.3, -0.25) is 10.1 Å². The summed E-state index contributed by atoms with van der Waals surface area (Å²) in [5.41, 5.74) is 2.79. The molecule has 2 aliphatic heterocycles. The van der Waals surface area contributed by atoms with Gasteiger partial charge in [-0.15, -0.1) is 0 Å². The summed E-state index contributed by atoms with van der Waals surface area (Å²) in [7, 11) is 0. The van der Waals surface area contributed by atoms with Crippen molar-refractivity contribution < 1.29 is 14.1 Å². The Labute approximate surface area is 154 Å². The van der Waals surface area contributed by atoms with Crippen molar-refractivity contribution in [2.75, 3.05) is 0 Å². The van der Waals surface area contributed by atoms with Gasteiger partial charge in [0.2, 0.25) is 6.23 Å². The SMILES string of the molecule is O=[N+]([O-])c1ccc([C@H]2Oc3ccccc3[C@@H]3CC(c4ccco4)=NN23)cc1. The molecule has 0 bridgehead atoms. The summed E-state index contributed by atoms with van der Waals surface area (Å²) in [5, 5.41) is 17.6. The van der Waals surface area contributed by atoms with Crippen molar-refractivity contribution in [2.24, 2.45) is 5.10 Å². The molecule has 0 spiro atoms. The highest BCUT2D eigenvalue weighted by Gasteiger charge is 2.41. The lowest BCUT2D eigenvalue weighted by Crippen LogP contribution is -2.33. The summed E-state index contributed by atoms with van der Waals surface area (Å²) in [5.74, 6) is 1.54. The number of nitrogens with zero attached hydrogens (tertiary/aromatic N) is 3. The van der Waals surface area contributed by atoms with E-state index < -0.39 is 11.2 Å². The van der Waals surface area contributed by atoms with Crippen LogP contribution < -0.4 is 4.74 Å². The first-order valence-electron chi connectivity index (χ1n) is 8.60. The predicted molar refractivity (Wildman–Crippen MR) is 97.3 cm³/mol. The number of hydrogen-bond donors (Lipinski definition) is 0. The first-order valence-corrected chi connectivity index (χ1v) is 8.60. The summed E-state index contributed by atoms with van der Waals surface area (Å²) in [4.78, 5) is 10.5. The maximum atomic E-state index is 10.9. The largest absolute Gasteiger partial charge is 0.464 e. The number of para-hydroxylation sites is 1. The van der Waals surface area contributed by atoms with Crippen LogP contribution in [-0.4, -0.2) is 15.6 Å². The highest BCUT2D eigenvalue weighted by molar-refractivity contribution is 5.99. The smallest absolute Gasteiger partial charge is 0.269 e. The average Bonchev–Trinajstić information content (AvgIpc) is 3.37. The van der Waals surface area contributed by atoms with Crippen molar-refractivity contribution in [3.05, 3.63) is 93.9 Å². The number of nitro benzene ring substituents is 1. The van der Waals surface area contributed by atoms with Crippen molar-refractivity contribution in [1.29, 1.82) is 0 Å². The van der Waals surface area contributed by atoms with Gasteiger partial charge in [-0.05, 0) is 30.3 Å². The lowest BCUT2D eigenvalue weighted by Gasteiger charge is -2.38. The van der Waals surface area contributed by atoms with Crippen LogP contribution in [0.25, 0.3) is 0 Å². The predicted octanol–water partition coefficient (Wildman–Crippen LogP) is 4.43. The van der Waals surface area contributed by atoms with Gasteiger partial charge in [0, 0.05) is 29.7 Å². The first kappa shape index (κ1) is 15.6. The zero-order valence-electron chi connectivity index (χ0n) is 14.2. The van der Waals surface area contributed by atoms with Crippen molar-refractivity contribution in [3.63, 3.8) is 0 Å². The first-order chi connectivity index (χ1) is 13.2. The standard InChI is InChI=1S/C20H15N3O4/c24-23(25)14-9-7-13(8-10-14)20-22-17(15-4-1-2-5-18(15)27-20)12-16(21-22)19-6-3-11-26-19/h1-11,17,20H,12H2/t17-,20+/m0/s1. The van der Waals surface area contributed by atoms with Gasteiger partial charge >= 0.3 is 0 Å². The second-order valence-electron chi connectivity index (χ2n) is 6.48. The fraction of sp³-hybridized carbons (Fsp3) is 0.150. The van der Waals surface area contributed by atoms with Crippen LogP contribution in [0.1, 0.15) is 35.6 Å². The van der Waals surface area contributed by atoms with Gasteiger partial charge in [0.1, 0.15) is 17.2 Å². The molecule has 0 saturated heterocycles. The lowest BCUT2D eigenvalue weighted by molar-refractivity contribution is -0.384. The zero-order chi connectivity index (χ0) is 18.4. The van der Waals surface area contributed by atoms with E-state index in [1.807, 2.05) is 41.4 Å². The molecule has 1 aromatic heterocycles. The average molecular weight is 361 g/mol. The summed E-state index contributed by atoms with van der Waals surface area (Å²) < 4.78 is 11.7. The van der Waals surface area contributed by atoms with Crippen LogP contribution >= 0.6 is 0 Å². The Morgan fingerprint density at radius 3 is 2.63 bits per heavy atom. The van der Waals surface area contributed by atoms with Gasteiger partial charge in [-0.2, -0.15) is 5.10 Å². The zero-order valence-corrected chi connectivity index (χ0v) is 14.2. The van der Waals surface area contributed by atoms with Gasteiger partial charge in [0.15, 0.2) is 0 Å². The maximum absolute atomic E-state index is 10.9. The Bertz CT molecular complexity index is 1030. The highest BCUT2D eigenvalue weighted by atomic mass is 16.6. The van der Waals surface area contributed by atoms with Crippen LogP contribution in [0.2, 0.25) is 0 Å². The molecule has 2 aliphatic rings. The minimum absolute atomic E-state index is 0.0234.